The Morgan fingerprint density at radius 2 is 1.56 bits per heavy atom. The van der Waals surface area contributed by atoms with Crippen molar-refractivity contribution in [2.24, 2.45) is 0 Å². The molecule has 0 bridgehead atoms. The number of ether oxygens (including phenoxy) is 2. The number of benzene rings is 1. The highest BCUT2D eigenvalue weighted by atomic mass is 16.5. The topological polar surface area (TPSA) is 113 Å². The van der Waals surface area contributed by atoms with E-state index in [1.165, 1.54) is 18.2 Å². The zero-order chi connectivity index (χ0) is 23.8. The van der Waals surface area contributed by atoms with Crippen molar-refractivity contribution < 1.29 is 33.8 Å². The van der Waals surface area contributed by atoms with Crippen LogP contribution in [-0.2, 0) is 28.7 Å². The van der Waals surface area contributed by atoms with Crippen LogP contribution in [0, 0.1) is 0 Å². The number of phenols is 1. The molecular formula is C25H26N2O7. The summed E-state index contributed by atoms with van der Waals surface area (Å²) >= 11 is 0. The number of hydrogen-bond acceptors (Lipinski definition) is 9. The van der Waals surface area contributed by atoms with Crippen molar-refractivity contribution >= 4 is 28.8 Å². The molecule has 2 aliphatic heterocycles. The first-order valence-corrected chi connectivity index (χ1v) is 11.5. The molecule has 4 aliphatic rings. The molecule has 2 aliphatic carbocycles. The van der Waals surface area contributed by atoms with Crippen LogP contribution in [0.5, 0.6) is 5.75 Å². The summed E-state index contributed by atoms with van der Waals surface area (Å²) in [6, 6.07) is 4.59. The lowest BCUT2D eigenvalue weighted by molar-refractivity contribution is -0.133. The minimum atomic E-state index is -1.44. The number of phenolic OH excluding ortho intramolecular Hbond substituents is 1. The summed E-state index contributed by atoms with van der Waals surface area (Å²) < 4.78 is 10.7. The fourth-order valence-electron chi connectivity index (χ4n) is 5.01. The molecular weight excluding hydrogens is 440 g/mol. The second-order valence-corrected chi connectivity index (χ2v) is 8.82. The first-order valence-electron chi connectivity index (χ1n) is 11.5. The molecule has 2 atom stereocenters. The molecule has 9 nitrogen and oxygen atoms in total. The molecule has 178 valence electrons. The van der Waals surface area contributed by atoms with Gasteiger partial charge >= 0.3 is 0 Å². The standard InChI is InChI=1S/C25H26N2O7/c28-19-13-15(26-5-9-33-10-6-26)1-3-17(19)21-23(30)22(25(32)24(21)31)18-4-2-16(14-20(18)29)27-7-11-34-12-8-27/h1-4,13,16,21,28H,5-12,14H2. The van der Waals surface area contributed by atoms with Gasteiger partial charge in [0.25, 0.3) is 0 Å². The van der Waals surface area contributed by atoms with Crippen molar-refractivity contribution in [3.8, 4) is 5.75 Å². The Morgan fingerprint density at radius 1 is 0.882 bits per heavy atom. The molecule has 2 heterocycles. The zero-order valence-corrected chi connectivity index (χ0v) is 18.7. The molecule has 0 aromatic heterocycles. The molecule has 1 aromatic rings. The lowest BCUT2D eigenvalue weighted by Gasteiger charge is -2.34. The zero-order valence-electron chi connectivity index (χ0n) is 18.7. The van der Waals surface area contributed by atoms with Crippen LogP contribution in [0.2, 0.25) is 0 Å². The predicted octanol–water partition coefficient (Wildman–Crippen LogP) is 0.560. The van der Waals surface area contributed by atoms with Gasteiger partial charge in [-0.2, -0.15) is 0 Å². The van der Waals surface area contributed by atoms with E-state index in [1.807, 2.05) is 11.0 Å². The van der Waals surface area contributed by atoms with Crippen molar-refractivity contribution in [1.82, 2.24) is 4.90 Å². The molecule has 2 saturated heterocycles. The van der Waals surface area contributed by atoms with E-state index in [4.69, 9.17) is 9.47 Å². The number of allylic oxidation sites excluding steroid dienone is 3. The van der Waals surface area contributed by atoms with Crippen molar-refractivity contribution in [1.29, 1.82) is 0 Å². The van der Waals surface area contributed by atoms with Gasteiger partial charge in [-0.1, -0.05) is 18.2 Å². The average Bonchev–Trinajstić information content (AvgIpc) is 3.08. The Labute approximate surface area is 196 Å². The monoisotopic (exact) mass is 466 g/mol. The first kappa shape index (κ1) is 22.6. The molecule has 0 spiro atoms. The summed E-state index contributed by atoms with van der Waals surface area (Å²) in [4.78, 5) is 55.9. The summed E-state index contributed by atoms with van der Waals surface area (Å²) in [5.41, 5.74) is 0.439. The Bertz CT molecular complexity index is 1110. The van der Waals surface area contributed by atoms with E-state index in [0.29, 0.717) is 52.6 Å². The van der Waals surface area contributed by atoms with Gasteiger partial charge in [-0.25, -0.2) is 0 Å². The number of aromatic hydroxyl groups is 1. The van der Waals surface area contributed by atoms with Gasteiger partial charge in [0.05, 0.1) is 32.0 Å². The molecule has 0 amide bonds. The highest BCUT2D eigenvalue weighted by molar-refractivity contribution is 6.62. The Kier molecular flexibility index (Phi) is 6.16. The van der Waals surface area contributed by atoms with Crippen molar-refractivity contribution in [2.75, 3.05) is 57.5 Å². The van der Waals surface area contributed by atoms with Crippen molar-refractivity contribution in [3.05, 3.63) is 47.1 Å². The summed E-state index contributed by atoms with van der Waals surface area (Å²) in [5.74, 6) is -4.62. The lowest BCUT2D eigenvalue weighted by Crippen LogP contribution is -2.44. The number of morpholine rings is 2. The summed E-state index contributed by atoms with van der Waals surface area (Å²) in [6.45, 7) is 5.05. The fourth-order valence-corrected chi connectivity index (χ4v) is 5.01. The van der Waals surface area contributed by atoms with Crippen LogP contribution >= 0.6 is 0 Å². The summed E-state index contributed by atoms with van der Waals surface area (Å²) in [5, 5.41) is 10.6. The molecule has 0 radical (unpaired) electrons. The minimum Gasteiger partial charge on any atom is -0.508 e. The number of hydrogen-bond donors (Lipinski definition) is 1. The number of carbonyl (C=O) groups is 4. The third-order valence-electron chi connectivity index (χ3n) is 6.89. The van der Waals surface area contributed by atoms with E-state index in [1.54, 1.807) is 6.07 Å². The van der Waals surface area contributed by atoms with Crippen LogP contribution in [-0.4, -0.2) is 91.8 Å². The molecule has 5 rings (SSSR count). The number of nitrogens with zero attached hydrogens (tertiary/aromatic N) is 2. The summed E-state index contributed by atoms with van der Waals surface area (Å²) in [7, 11) is 0. The minimum absolute atomic E-state index is 0.0141. The van der Waals surface area contributed by atoms with E-state index in [0.717, 1.165) is 5.69 Å². The van der Waals surface area contributed by atoms with Crippen LogP contribution in [0.1, 0.15) is 17.9 Å². The van der Waals surface area contributed by atoms with Gasteiger partial charge in [0, 0.05) is 61.5 Å². The number of ketones is 4. The SMILES string of the molecule is O=C1CC(N2CCOCC2)C=CC1=C1C(=O)C(=O)C(c2ccc(N3CCOCC3)cc2O)C1=O. The number of Topliss-reactive ketones (excluding diaryl/α,β-unsaturated/α-hetero) is 4. The molecule has 1 aromatic carbocycles. The third kappa shape index (κ3) is 4.00. The van der Waals surface area contributed by atoms with Crippen LogP contribution < -0.4 is 4.90 Å². The second kappa shape index (κ2) is 9.25. The lowest BCUT2D eigenvalue weighted by atomic mass is 9.89. The second-order valence-electron chi connectivity index (χ2n) is 8.82. The highest BCUT2D eigenvalue weighted by Crippen LogP contribution is 2.38. The van der Waals surface area contributed by atoms with Crippen LogP contribution in [0.15, 0.2) is 41.5 Å². The van der Waals surface area contributed by atoms with Gasteiger partial charge < -0.3 is 19.5 Å². The van der Waals surface area contributed by atoms with Gasteiger partial charge in [0.2, 0.25) is 11.6 Å². The molecule has 34 heavy (non-hydrogen) atoms. The maximum absolute atomic E-state index is 13.2. The normalized spacial score (nSPS) is 28.8. The number of anilines is 1. The maximum atomic E-state index is 13.2. The third-order valence-corrected chi connectivity index (χ3v) is 6.89. The number of carbonyl (C=O) groups excluding carboxylic acids is 4. The molecule has 1 saturated carbocycles. The van der Waals surface area contributed by atoms with Crippen molar-refractivity contribution in [2.45, 2.75) is 18.4 Å². The maximum Gasteiger partial charge on any atom is 0.234 e. The molecule has 2 unspecified atom stereocenters. The Balaban J connectivity index is 1.42. The predicted molar refractivity (Wildman–Crippen MR) is 121 cm³/mol. The Hall–Kier alpha value is -3.14. The van der Waals surface area contributed by atoms with E-state index in [-0.39, 0.29) is 40.7 Å². The van der Waals surface area contributed by atoms with Crippen LogP contribution in [0.25, 0.3) is 0 Å². The number of rotatable bonds is 3. The van der Waals surface area contributed by atoms with E-state index in [9.17, 15) is 24.3 Å². The summed E-state index contributed by atoms with van der Waals surface area (Å²) in [6.07, 6.45) is 3.43. The largest absolute Gasteiger partial charge is 0.508 e. The van der Waals surface area contributed by atoms with Gasteiger partial charge in [-0.05, 0) is 6.07 Å². The molecule has 9 heteroatoms. The van der Waals surface area contributed by atoms with Gasteiger partial charge in [0.1, 0.15) is 11.7 Å². The van der Waals surface area contributed by atoms with E-state index < -0.39 is 23.3 Å². The van der Waals surface area contributed by atoms with Crippen molar-refractivity contribution in [3.63, 3.8) is 0 Å². The van der Waals surface area contributed by atoms with Gasteiger partial charge in [0.15, 0.2) is 11.6 Å². The van der Waals surface area contributed by atoms with E-state index in [2.05, 4.69) is 4.90 Å². The van der Waals surface area contributed by atoms with Crippen LogP contribution in [0.3, 0.4) is 0 Å². The van der Waals surface area contributed by atoms with Gasteiger partial charge in [-0.15, -0.1) is 0 Å². The average molecular weight is 466 g/mol. The first-order chi connectivity index (χ1) is 16.5. The molecule has 1 N–H and O–H groups in total. The molecule has 3 fully saturated rings. The quantitative estimate of drug-likeness (QED) is 0.295. The van der Waals surface area contributed by atoms with Crippen LogP contribution in [0.4, 0.5) is 5.69 Å². The fraction of sp³-hybridized carbons (Fsp3) is 0.440. The Morgan fingerprint density at radius 3 is 2.21 bits per heavy atom. The smallest absolute Gasteiger partial charge is 0.234 e. The van der Waals surface area contributed by atoms with Gasteiger partial charge in [-0.3, -0.25) is 24.1 Å². The highest BCUT2D eigenvalue weighted by Gasteiger charge is 2.49. The van der Waals surface area contributed by atoms with E-state index >= 15 is 0 Å².